The predicted molar refractivity (Wildman–Crippen MR) is 114 cm³/mol. The summed E-state index contributed by atoms with van der Waals surface area (Å²) in [6, 6.07) is 6.44. The van der Waals surface area contributed by atoms with E-state index in [0.29, 0.717) is 19.0 Å². The minimum atomic E-state index is 0.257. The zero-order chi connectivity index (χ0) is 20.5. The first-order chi connectivity index (χ1) is 14.7. The molecule has 0 N–H and O–H groups in total. The highest BCUT2D eigenvalue weighted by atomic mass is 16.5. The van der Waals surface area contributed by atoms with Crippen LogP contribution in [0.15, 0.2) is 28.9 Å². The molecule has 0 saturated carbocycles. The molecule has 3 aromatic rings. The summed E-state index contributed by atoms with van der Waals surface area (Å²) in [5, 5.41) is 9.55. The van der Waals surface area contributed by atoms with Crippen LogP contribution in [0.1, 0.15) is 24.1 Å². The smallest absolute Gasteiger partial charge is 0.230 e. The van der Waals surface area contributed by atoms with Crippen molar-refractivity contribution in [3.05, 3.63) is 36.3 Å². The van der Waals surface area contributed by atoms with Gasteiger partial charge in [0.1, 0.15) is 12.1 Å². The molecule has 0 radical (unpaired) electrons. The zero-order valence-electron chi connectivity index (χ0n) is 17.5. The van der Waals surface area contributed by atoms with Gasteiger partial charge >= 0.3 is 0 Å². The van der Waals surface area contributed by atoms with Gasteiger partial charge in [-0.3, -0.25) is 4.90 Å². The molecule has 0 aliphatic carbocycles. The van der Waals surface area contributed by atoms with Crippen LogP contribution in [0.4, 0.5) is 11.5 Å². The number of fused-ring (bicyclic) bond motifs is 1. The van der Waals surface area contributed by atoms with E-state index in [1.54, 1.807) is 6.33 Å². The summed E-state index contributed by atoms with van der Waals surface area (Å²) in [6.45, 7) is 5.98. The van der Waals surface area contributed by atoms with Gasteiger partial charge in [0.2, 0.25) is 11.8 Å². The summed E-state index contributed by atoms with van der Waals surface area (Å²) in [7, 11) is 4.02. The first kappa shape index (κ1) is 19.2. The molecule has 4 heterocycles. The van der Waals surface area contributed by atoms with Crippen LogP contribution < -0.4 is 9.80 Å². The van der Waals surface area contributed by atoms with Crippen molar-refractivity contribution in [3.63, 3.8) is 0 Å². The SMILES string of the molecule is CN(C)c1ncnc2ccc(N3CCN(Cc4nnc(C5CCOC5)o4)CC3)cc12. The lowest BCUT2D eigenvalue weighted by Crippen LogP contribution is -2.46. The Balaban J connectivity index is 1.23. The third-order valence-electron chi connectivity index (χ3n) is 5.88. The minimum absolute atomic E-state index is 0.257. The standard InChI is InChI=1S/C21H27N7O2/c1-26(2)20-17-11-16(3-4-18(17)22-14-23-20)28-8-6-27(7-9-28)12-19-24-25-21(30-19)15-5-10-29-13-15/h3-4,11,14-15H,5-10,12-13H2,1-2H3. The molecule has 1 unspecified atom stereocenters. The molecule has 0 amide bonds. The van der Waals surface area contributed by atoms with Crippen LogP contribution in [-0.4, -0.2) is 78.6 Å². The molecule has 30 heavy (non-hydrogen) atoms. The van der Waals surface area contributed by atoms with E-state index in [1.165, 1.54) is 5.69 Å². The van der Waals surface area contributed by atoms with E-state index >= 15 is 0 Å². The van der Waals surface area contributed by atoms with Gasteiger partial charge in [-0.1, -0.05) is 0 Å². The van der Waals surface area contributed by atoms with Crippen molar-refractivity contribution >= 4 is 22.4 Å². The molecular formula is C21H27N7O2. The Bertz CT molecular complexity index is 1010. The first-order valence-electron chi connectivity index (χ1n) is 10.5. The summed E-state index contributed by atoms with van der Waals surface area (Å²) < 4.78 is 11.3. The molecule has 0 spiro atoms. The molecule has 2 aliphatic heterocycles. The molecule has 158 valence electrons. The van der Waals surface area contributed by atoms with Gasteiger partial charge in [0.15, 0.2) is 0 Å². The number of rotatable bonds is 5. The number of piperazine rings is 1. The van der Waals surface area contributed by atoms with Crippen LogP contribution >= 0.6 is 0 Å². The molecule has 1 atom stereocenters. The van der Waals surface area contributed by atoms with Crippen LogP contribution in [0.5, 0.6) is 0 Å². The Kier molecular flexibility index (Phi) is 5.22. The number of hydrogen-bond donors (Lipinski definition) is 0. The maximum Gasteiger partial charge on any atom is 0.230 e. The number of nitrogens with zero attached hydrogens (tertiary/aromatic N) is 7. The second kappa shape index (κ2) is 8.16. The predicted octanol–water partition coefficient (Wildman–Crippen LogP) is 1.90. The molecule has 2 fully saturated rings. The average Bonchev–Trinajstić information content (AvgIpc) is 3.45. The molecular weight excluding hydrogens is 382 g/mol. The first-order valence-corrected chi connectivity index (χ1v) is 10.5. The summed E-state index contributed by atoms with van der Waals surface area (Å²) in [6.07, 6.45) is 2.59. The van der Waals surface area contributed by atoms with Crippen molar-refractivity contribution in [3.8, 4) is 0 Å². The minimum Gasteiger partial charge on any atom is -0.423 e. The summed E-state index contributed by atoms with van der Waals surface area (Å²) >= 11 is 0. The lowest BCUT2D eigenvalue weighted by Gasteiger charge is -2.35. The van der Waals surface area contributed by atoms with Gasteiger partial charge in [-0.2, -0.15) is 0 Å². The second-order valence-electron chi connectivity index (χ2n) is 8.15. The molecule has 1 aromatic carbocycles. The van der Waals surface area contributed by atoms with Crippen LogP contribution in [0.2, 0.25) is 0 Å². The molecule has 2 saturated heterocycles. The maximum atomic E-state index is 5.89. The van der Waals surface area contributed by atoms with E-state index in [0.717, 1.165) is 61.8 Å². The van der Waals surface area contributed by atoms with Crippen molar-refractivity contribution in [2.45, 2.75) is 18.9 Å². The molecule has 2 aromatic heterocycles. The molecule has 0 bridgehead atoms. The highest BCUT2D eigenvalue weighted by Gasteiger charge is 2.25. The summed E-state index contributed by atoms with van der Waals surface area (Å²) in [4.78, 5) is 15.7. The van der Waals surface area contributed by atoms with Crippen LogP contribution in [0.3, 0.4) is 0 Å². The largest absolute Gasteiger partial charge is 0.423 e. The number of ether oxygens (including phenoxy) is 1. The molecule has 9 nitrogen and oxygen atoms in total. The Morgan fingerprint density at radius 3 is 2.73 bits per heavy atom. The van der Waals surface area contributed by atoms with Gasteiger partial charge in [-0.05, 0) is 24.6 Å². The van der Waals surface area contributed by atoms with Crippen LogP contribution in [0, 0.1) is 0 Å². The molecule has 9 heteroatoms. The van der Waals surface area contributed by atoms with E-state index in [9.17, 15) is 0 Å². The average molecular weight is 409 g/mol. The Morgan fingerprint density at radius 1 is 1.10 bits per heavy atom. The lowest BCUT2D eigenvalue weighted by atomic mass is 10.1. The normalized spacial score (nSPS) is 20.2. The fourth-order valence-corrected chi connectivity index (χ4v) is 4.16. The van der Waals surface area contributed by atoms with Crippen LogP contribution in [0.25, 0.3) is 10.9 Å². The van der Waals surface area contributed by atoms with Gasteiger partial charge in [0.25, 0.3) is 0 Å². The summed E-state index contributed by atoms with van der Waals surface area (Å²) in [5.41, 5.74) is 2.18. The van der Waals surface area contributed by atoms with E-state index in [2.05, 4.69) is 48.2 Å². The second-order valence-corrected chi connectivity index (χ2v) is 8.15. The topological polar surface area (TPSA) is 83.7 Å². The van der Waals surface area contributed by atoms with Gasteiger partial charge in [0.05, 0.1) is 24.6 Å². The van der Waals surface area contributed by atoms with E-state index < -0.39 is 0 Å². The fraction of sp³-hybridized carbons (Fsp3) is 0.524. The van der Waals surface area contributed by atoms with Crippen molar-refractivity contribution in [2.75, 3.05) is 63.3 Å². The van der Waals surface area contributed by atoms with Crippen molar-refractivity contribution < 1.29 is 9.15 Å². The van der Waals surface area contributed by atoms with E-state index in [-0.39, 0.29) is 5.92 Å². The lowest BCUT2D eigenvalue weighted by molar-refractivity contribution is 0.189. The molecule has 2 aliphatic rings. The number of anilines is 2. The van der Waals surface area contributed by atoms with Gasteiger partial charge < -0.3 is 19.0 Å². The summed E-state index contributed by atoms with van der Waals surface area (Å²) in [5.74, 6) is 2.62. The van der Waals surface area contributed by atoms with Gasteiger partial charge in [-0.25, -0.2) is 9.97 Å². The maximum absolute atomic E-state index is 5.89. The third-order valence-corrected chi connectivity index (χ3v) is 5.88. The van der Waals surface area contributed by atoms with E-state index in [4.69, 9.17) is 9.15 Å². The van der Waals surface area contributed by atoms with Crippen LogP contribution in [-0.2, 0) is 11.3 Å². The quantitative estimate of drug-likeness (QED) is 0.627. The third kappa shape index (κ3) is 3.82. The van der Waals surface area contributed by atoms with Gasteiger partial charge in [0, 0.05) is 58.0 Å². The number of hydrogen-bond acceptors (Lipinski definition) is 9. The Labute approximate surface area is 175 Å². The Morgan fingerprint density at radius 2 is 1.97 bits per heavy atom. The fourth-order valence-electron chi connectivity index (χ4n) is 4.16. The van der Waals surface area contributed by atoms with Crippen molar-refractivity contribution in [1.82, 2.24) is 25.1 Å². The Hall–Kier alpha value is -2.78. The molecule has 5 rings (SSSR count). The van der Waals surface area contributed by atoms with E-state index in [1.807, 2.05) is 19.0 Å². The number of benzene rings is 1. The van der Waals surface area contributed by atoms with Gasteiger partial charge in [-0.15, -0.1) is 10.2 Å². The highest BCUT2D eigenvalue weighted by Crippen LogP contribution is 2.28. The zero-order valence-corrected chi connectivity index (χ0v) is 17.5. The monoisotopic (exact) mass is 409 g/mol. The highest BCUT2D eigenvalue weighted by molar-refractivity contribution is 5.91. The van der Waals surface area contributed by atoms with Crippen molar-refractivity contribution in [1.29, 1.82) is 0 Å². The number of aromatic nitrogens is 4. The van der Waals surface area contributed by atoms with Crippen molar-refractivity contribution in [2.24, 2.45) is 0 Å².